The smallest absolute Gasteiger partial charge is 0.342 e. The zero-order chi connectivity index (χ0) is 10.7. The van der Waals surface area contributed by atoms with E-state index in [1.807, 2.05) is 0 Å². The molecular formula is C9H10N4O2. The lowest BCUT2D eigenvalue weighted by molar-refractivity contribution is 0.275. The van der Waals surface area contributed by atoms with Gasteiger partial charge in [-0.1, -0.05) is 6.07 Å². The maximum Gasteiger partial charge on any atom is 0.342 e. The number of rotatable bonds is 3. The van der Waals surface area contributed by atoms with Gasteiger partial charge in [0.2, 0.25) is 5.88 Å². The van der Waals surface area contributed by atoms with Gasteiger partial charge in [-0.05, 0) is 6.07 Å². The van der Waals surface area contributed by atoms with Gasteiger partial charge in [-0.15, -0.1) is 5.10 Å². The molecule has 0 aliphatic rings. The zero-order valence-corrected chi connectivity index (χ0v) is 8.16. The highest BCUT2D eigenvalue weighted by Gasteiger charge is 2.03. The minimum Gasteiger partial charge on any atom is -0.404 e. The number of nitrogens with zero attached hydrogens (tertiary/aromatic N) is 4. The lowest BCUT2D eigenvalue weighted by Gasteiger charge is -2.00. The van der Waals surface area contributed by atoms with Crippen molar-refractivity contribution in [1.82, 2.24) is 19.7 Å². The molecule has 0 fully saturated rings. The van der Waals surface area contributed by atoms with Crippen molar-refractivity contribution in [2.24, 2.45) is 7.05 Å². The Bertz CT molecular complexity index is 455. The predicted octanol–water partition coefficient (Wildman–Crippen LogP) is 0.495. The van der Waals surface area contributed by atoms with Crippen molar-refractivity contribution in [3.8, 4) is 11.9 Å². The van der Waals surface area contributed by atoms with Crippen molar-refractivity contribution in [2.45, 2.75) is 6.61 Å². The van der Waals surface area contributed by atoms with E-state index in [1.165, 1.54) is 11.0 Å². The number of pyridine rings is 1. The van der Waals surface area contributed by atoms with Gasteiger partial charge >= 0.3 is 6.01 Å². The fourth-order valence-electron chi connectivity index (χ4n) is 1.06. The monoisotopic (exact) mass is 206 g/mol. The molecule has 15 heavy (non-hydrogen) atoms. The second-order valence-electron chi connectivity index (χ2n) is 2.93. The van der Waals surface area contributed by atoms with E-state index in [0.717, 1.165) is 0 Å². The molecule has 0 unspecified atom stereocenters. The average molecular weight is 206 g/mol. The van der Waals surface area contributed by atoms with Gasteiger partial charge in [0.25, 0.3) is 0 Å². The number of aromatic nitrogens is 4. The molecule has 2 aromatic rings. The minimum absolute atomic E-state index is 0.118. The number of hydrogen-bond donors (Lipinski definition) is 1. The lowest BCUT2D eigenvalue weighted by Crippen LogP contribution is -1.94. The third-order valence-electron chi connectivity index (χ3n) is 1.72. The van der Waals surface area contributed by atoms with Crippen LogP contribution in [-0.4, -0.2) is 24.9 Å². The fourth-order valence-corrected chi connectivity index (χ4v) is 1.06. The van der Waals surface area contributed by atoms with Gasteiger partial charge in [-0.25, -0.2) is 4.98 Å². The largest absolute Gasteiger partial charge is 0.404 e. The number of hydrogen-bond acceptors (Lipinski definition) is 5. The fraction of sp³-hybridized carbons (Fsp3) is 0.222. The summed E-state index contributed by atoms with van der Waals surface area (Å²) < 4.78 is 6.81. The van der Waals surface area contributed by atoms with E-state index >= 15 is 0 Å². The highest BCUT2D eigenvalue weighted by Crippen LogP contribution is 2.14. The molecule has 0 saturated heterocycles. The lowest BCUT2D eigenvalue weighted by atomic mass is 10.4. The summed E-state index contributed by atoms with van der Waals surface area (Å²) in [6.07, 6.45) is 1.53. The van der Waals surface area contributed by atoms with Crippen LogP contribution in [-0.2, 0) is 13.7 Å². The van der Waals surface area contributed by atoms with Crippen LogP contribution in [0, 0.1) is 0 Å². The van der Waals surface area contributed by atoms with Crippen LogP contribution in [0.25, 0.3) is 0 Å². The molecule has 2 rings (SSSR count). The van der Waals surface area contributed by atoms with Crippen LogP contribution in [0.15, 0.2) is 24.5 Å². The summed E-state index contributed by atoms with van der Waals surface area (Å²) >= 11 is 0. The van der Waals surface area contributed by atoms with Crippen LogP contribution >= 0.6 is 0 Å². The predicted molar refractivity (Wildman–Crippen MR) is 51.2 cm³/mol. The average Bonchev–Trinajstić information content (AvgIpc) is 2.64. The van der Waals surface area contributed by atoms with Crippen molar-refractivity contribution >= 4 is 0 Å². The Labute approximate surface area is 86.2 Å². The van der Waals surface area contributed by atoms with E-state index in [0.29, 0.717) is 11.6 Å². The second-order valence-corrected chi connectivity index (χ2v) is 2.93. The number of aliphatic hydroxyl groups is 1. The van der Waals surface area contributed by atoms with Gasteiger partial charge in [0.1, 0.15) is 6.33 Å². The molecule has 1 N–H and O–H groups in total. The van der Waals surface area contributed by atoms with Crippen molar-refractivity contribution in [1.29, 1.82) is 0 Å². The summed E-state index contributed by atoms with van der Waals surface area (Å²) in [4.78, 5) is 7.93. The SMILES string of the molecule is Cn1cnc(Oc2cccc(CO)n2)n1. The Morgan fingerprint density at radius 1 is 1.47 bits per heavy atom. The Morgan fingerprint density at radius 2 is 2.33 bits per heavy atom. The molecule has 0 atom stereocenters. The Kier molecular flexibility index (Phi) is 2.59. The first-order chi connectivity index (χ1) is 7.28. The molecule has 0 radical (unpaired) electrons. The van der Waals surface area contributed by atoms with Crippen LogP contribution in [0.2, 0.25) is 0 Å². The van der Waals surface area contributed by atoms with E-state index in [4.69, 9.17) is 9.84 Å². The topological polar surface area (TPSA) is 73.1 Å². The quantitative estimate of drug-likeness (QED) is 0.791. The molecule has 0 amide bonds. The Hall–Kier alpha value is -1.95. The molecule has 78 valence electrons. The molecule has 6 nitrogen and oxygen atoms in total. The van der Waals surface area contributed by atoms with Crippen molar-refractivity contribution < 1.29 is 9.84 Å². The van der Waals surface area contributed by atoms with Gasteiger partial charge in [0.05, 0.1) is 12.3 Å². The molecule has 6 heteroatoms. The maximum atomic E-state index is 8.88. The van der Waals surface area contributed by atoms with E-state index in [9.17, 15) is 0 Å². The van der Waals surface area contributed by atoms with E-state index < -0.39 is 0 Å². The molecule has 2 aromatic heterocycles. The van der Waals surface area contributed by atoms with Crippen LogP contribution < -0.4 is 4.74 Å². The van der Waals surface area contributed by atoms with Crippen molar-refractivity contribution in [3.63, 3.8) is 0 Å². The Morgan fingerprint density at radius 3 is 3.00 bits per heavy atom. The summed E-state index contributed by atoms with van der Waals surface area (Å²) in [6, 6.07) is 5.37. The van der Waals surface area contributed by atoms with Gasteiger partial charge in [-0.2, -0.15) is 4.98 Å². The molecule has 0 aliphatic carbocycles. The molecule has 0 aliphatic heterocycles. The van der Waals surface area contributed by atoms with Gasteiger partial charge in [-0.3, -0.25) is 4.68 Å². The van der Waals surface area contributed by atoms with Crippen LogP contribution in [0.1, 0.15) is 5.69 Å². The van der Waals surface area contributed by atoms with Gasteiger partial charge in [0, 0.05) is 13.1 Å². The standard InChI is InChI=1S/C9H10N4O2/c1-13-6-10-9(12-13)15-8-4-2-3-7(5-14)11-8/h2-4,6,14H,5H2,1H3. The van der Waals surface area contributed by atoms with Gasteiger partial charge < -0.3 is 9.84 Å². The summed E-state index contributed by atoms with van der Waals surface area (Å²) in [6.45, 7) is -0.118. The summed E-state index contributed by atoms with van der Waals surface area (Å²) in [5.41, 5.74) is 0.545. The maximum absolute atomic E-state index is 8.88. The van der Waals surface area contributed by atoms with Crippen LogP contribution in [0.5, 0.6) is 11.9 Å². The highest BCUT2D eigenvalue weighted by molar-refractivity contribution is 5.17. The highest BCUT2D eigenvalue weighted by atomic mass is 16.5. The molecule has 2 heterocycles. The normalized spacial score (nSPS) is 10.3. The van der Waals surface area contributed by atoms with E-state index in [-0.39, 0.29) is 12.6 Å². The van der Waals surface area contributed by atoms with E-state index in [2.05, 4.69) is 15.1 Å². The number of aryl methyl sites for hydroxylation is 1. The van der Waals surface area contributed by atoms with Gasteiger partial charge in [0.15, 0.2) is 0 Å². The first-order valence-electron chi connectivity index (χ1n) is 4.38. The number of ether oxygens (including phenoxy) is 1. The molecular weight excluding hydrogens is 196 g/mol. The molecule has 0 spiro atoms. The second kappa shape index (κ2) is 4.05. The van der Waals surface area contributed by atoms with Crippen molar-refractivity contribution in [2.75, 3.05) is 0 Å². The van der Waals surface area contributed by atoms with Crippen LogP contribution in [0.4, 0.5) is 0 Å². The molecule has 0 aromatic carbocycles. The first kappa shape index (κ1) is 9.60. The Balaban J connectivity index is 2.16. The summed E-state index contributed by atoms with van der Waals surface area (Å²) in [5.74, 6) is 0.368. The third-order valence-corrected chi connectivity index (χ3v) is 1.72. The summed E-state index contributed by atoms with van der Waals surface area (Å²) in [5, 5.41) is 12.8. The third kappa shape index (κ3) is 2.29. The van der Waals surface area contributed by atoms with Crippen molar-refractivity contribution in [3.05, 3.63) is 30.2 Å². The van der Waals surface area contributed by atoms with E-state index in [1.54, 1.807) is 25.2 Å². The minimum atomic E-state index is -0.118. The zero-order valence-electron chi connectivity index (χ0n) is 8.16. The van der Waals surface area contributed by atoms with Crippen LogP contribution in [0.3, 0.4) is 0 Å². The molecule has 0 bridgehead atoms. The summed E-state index contributed by atoms with van der Waals surface area (Å²) in [7, 11) is 1.75. The first-order valence-corrected chi connectivity index (χ1v) is 4.38. The number of aliphatic hydroxyl groups excluding tert-OH is 1. The molecule has 0 saturated carbocycles.